The minimum Gasteiger partial charge on any atom is -0.482 e. The van der Waals surface area contributed by atoms with Gasteiger partial charge >= 0.3 is 6.18 Å². The van der Waals surface area contributed by atoms with Crippen LogP contribution in [0.15, 0.2) is 40.8 Å². The summed E-state index contributed by atoms with van der Waals surface area (Å²) >= 11 is 7.18. The molecular formula is C17H13ClF3N3O3S. The van der Waals surface area contributed by atoms with Gasteiger partial charge in [-0.15, -0.1) is 11.3 Å². The van der Waals surface area contributed by atoms with Gasteiger partial charge in [0.25, 0.3) is 5.56 Å². The van der Waals surface area contributed by atoms with Crippen LogP contribution >= 0.6 is 22.9 Å². The second-order valence-corrected chi connectivity index (χ2v) is 7.06. The molecule has 0 aliphatic rings. The highest BCUT2D eigenvalue weighted by Gasteiger charge is 2.29. The van der Waals surface area contributed by atoms with Crippen molar-refractivity contribution < 1.29 is 22.7 Å². The smallest absolute Gasteiger partial charge is 0.422 e. The van der Waals surface area contributed by atoms with Crippen LogP contribution in [0.25, 0.3) is 10.2 Å². The summed E-state index contributed by atoms with van der Waals surface area (Å²) < 4.78 is 43.1. The molecule has 11 heteroatoms. The van der Waals surface area contributed by atoms with Crippen LogP contribution in [-0.2, 0) is 11.3 Å². The standard InChI is InChI=1S/C17H13ClF3N3O3S/c18-10-1-2-13(27-8-17(19,20)21)12(7-10)23-14(25)3-5-24-9-22-15-11(16(24)26)4-6-28-15/h1-2,4,6-7,9H,3,5,8H2,(H,23,25). The SMILES string of the molecule is O=C(CCn1cnc2sccc2c1=O)Nc1cc(Cl)ccc1OCC(F)(F)F. The van der Waals surface area contributed by atoms with Crippen molar-refractivity contribution in [3.8, 4) is 5.75 Å². The van der Waals surface area contributed by atoms with Gasteiger partial charge in [0.05, 0.1) is 17.4 Å². The van der Waals surface area contributed by atoms with E-state index >= 15 is 0 Å². The summed E-state index contributed by atoms with van der Waals surface area (Å²) in [6.45, 7) is -1.44. The van der Waals surface area contributed by atoms with Crippen molar-refractivity contribution >= 4 is 44.7 Å². The first kappa shape index (κ1) is 20.2. The Morgan fingerprint density at radius 1 is 1.32 bits per heavy atom. The predicted octanol–water partition coefficient (Wildman–Crippen LogP) is 4.08. The topological polar surface area (TPSA) is 73.2 Å². The van der Waals surface area contributed by atoms with Crippen LogP contribution in [0.2, 0.25) is 5.02 Å². The quantitative estimate of drug-likeness (QED) is 0.638. The van der Waals surface area contributed by atoms with Crippen molar-refractivity contribution in [1.29, 1.82) is 0 Å². The predicted molar refractivity (Wildman–Crippen MR) is 100 cm³/mol. The molecule has 0 spiro atoms. The maximum Gasteiger partial charge on any atom is 0.422 e. The maximum absolute atomic E-state index is 12.4. The van der Waals surface area contributed by atoms with E-state index in [4.69, 9.17) is 16.3 Å². The van der Waals surface area contributed by atoms with E-state index in [9.17, 15) is 22.8 Å². The molecule has 1 N–H and O–H groups in total. The van der Waals surface area contributed by atoms with Gasteiger partial charge in [0.1, 0.15) is 10.6 Å². The van der Waals surface area contributed by atoms with Gasteiger partial charge in [-0.05, 0) is 29.6 Å². The third-order valence-electron chi connectivity index (χ3n) is 3.64. The zero-order valence-corrected chi connectivity index (χ0v) is 15.7. The Hall–Kier alpha value is -2.59. The molecule has 0 aliphatic heterocycles. The van der Waals surface area contributed by atoms with Crippen molar-refractivity contribution in [2.75, 3.05) is 11.9 Å². The highest BCUT2D eigenvalue weighted by molar-refractivity contribution is 7.16. The van der Waals surface area contributed by atoms with Crippen molar-refractivity contribution in [3.05, 3.63) is 51.3 Å². The summed E-state index contributed by atoms with van der Waals surface area (Å²) in [6.07, 6.45) is -3.26. The first-order valence-electron chi connectivity index (χ1n) is 7.94. The lowest BCUT2D eigenvalue weighted by atomic mass is 10.2. The maximum atomic E-state index is 12.4. The Bertz CT molecular complexity index is 1060. The van der Waals surface area contributed by atoms with Crippen LogP contribution in [0.4, 0.5) is 18.9 Å². The van der Waals surface area contributed by atoms with Gasteiger partial charge < -0.3 is 10.1 Å². The molecule has 1 aromatic carbocycles. The number of aryl methyl sites for hydroxylation is 1. The summed E-state index contributed by atoms with van der Waals surface area (Å²) in [5, 5.41) is 4.89. The average Bonchev–Trinajstić information content (AvgIpc) is 3.09. The van der Waals surface area contributed by atoms with Crippen LogP contribution in [-0.4, -0.2) is 28.2 Å². The summed E-state index contributed by atoms with van der Waals surface area (Å²) in [5.74, 6) is -0.676. The molecule has 28 heavy (non-hydrogen) atoms. The number of amides is 1. The van der Waals surface area contributed by atoms with Crippen molar-refractivity contribution in [2.24, 2.45) is 0 Å². The molecule has 148 valence electrons. The fraction of sp³-hybridized carbons (Fsp3) is 0.235. The number of nitrogens with zero attached hydrogens (tertiary/aromatic N) is 2. The number of carbonyl (C=O) groups is 1. The summed E-state index contributed by atoms with van der Waals surface area (Å²) in [7, 11) is 0. The molecule has 2 heterocycles. The molecule has 3 aromatic rings. The molecule has 3 rings (SSSR count). The molecule has 1 amide bonds. The van der Waals surface area contributed by atoms with Gasteiger partial charge in [0, 0.05) is 18.0 Å². The molecule has 6 nitrogen and oxygen atoms in total. The van der Waals surface area contributed by atoms with Gasteiger partial charge in [0.15, 0.2) is 6.61 Å². The molecule has 0 aliphatic carbocycles. The van der Waals surface area contributed by atoms with Gasteiger partial charge in [-0.3, -0.25) is 14.2 Å². The van der Waals surface area contributed by atoms with Gasteiger partial charge in [-0.1, -0.05) is 11.6 Å². The third-order valence-corrected chi connectivity index (χ3v) is 4.69. The van der Waals surface area contributed by atoms with E-state index in [0.29, 0.717) is 10.2 Å². The number of halogens is 4. The highest BCUT2D eigenvalue weighted by Crippen LogP contribution is 2.29. The molecule has 0 unspecified atom stereocenters. The summed E-state index contributed by atoms with van der Waals surface area (Å²) in [6, 6.07) is 5.53. The van der Waals surface area contributed by atoms with Gasteiger partial charge in [0.2, 0.25) is 5.91 Å². The lowest BCUT2D eigenvalue weighted by Crippen LogP contribution is -2.23. The van der Waals surface area contributed by atoms with Gasteiger partial charge in [-0.2, -0.15) is 13.2 Å². The first-order valence-corrected chi connectivity index (χ1v) is 9.20. The molecule has 0 atom stereocenters. The van der Waals surface area contributed by atoms with Gasteiger partial charge in [-0.25, -0.2) is 4.98 Å². The zero-order chi connectivity index (χ0) is 20.3. The van der Waals surface area contributed by atoms with E-state index < -0.39 is 18.7 Å². The Morgan fingerprint density at radius 3 is 2.86 bits per heavy atom. The molecular weight excluding hydrogens is 419 g/mol. The molecule has 0 saturated carbocycles. The van der Waals surface area contributed by atoms with E-state index in [1.165, 1.54) is 40.4 Å². The number of anilines is 1. The minimum absolute atomic E-state index is 0.0144. The molecule has 0 radical (unpaired) electrons. The Labute approximate surface area is 165 Å². The number of hydrogen-bond acceptors (Lipinski definition) is 5. The number of hydrogen-bond donors (Lipinski definition) is 1. The lowest BCUT2D eigenvalue weighted by molar-refractivity contribution is -0.153. The fourth-order valence-corrected chi connectivity index (χ4v) is 3.27. The number of aromatic nitrogens is 2. The molecule has 0 bridgehead atoms. The Balaban J connectivity index is 1.68. The number of nitrogens with one attached hydrogen (secondary N) is 1. The van der Waals surface area contributed by atoms with E-state index in [0.717, 1.165) is 0 Å². The van der Waals surface area contributed by atoms with Crippen LogP contribution in [0, 0.1) is 0 Å². The number of rotatable bonds is 6. The van der Waals surface area contributed by atoms with E-state index in [1.54, 1.807) is 11.4 Å². The van der Waals surface area contributed by atoms with E-state index in [2.05, 4.69) is 10.3 Å². The van der Waals surface area contributed by atoms with E-state index in [-0.39, 0.29) is 35.0 Å². The number of ether oxygens (including phenoxy) is 1. The number of thiophene rings is 1. The number of carbonyl (C=O) groups excluding carboxylic acids is 1. The number of alkyl halides is 3. The first-order chi connectivity index (χ1) is 13.2. The average molecular weight is 432 g/mol. The fourth-order valence-electron chi connectivity index (χ4n) is 2.37. The Kier molecular flexibility index (Phi) is 5.90. The summed E-state index contributed by atoms with van der Waals surface area (Å²) in [4.78, 5) is 29.3. The van der Waals surface area contributed by atoms with Crippen LogP contribution in [0.1, 0.15) is 6.42 Å². The monoisotopic (exact) mass is 431 g/mol. The highest BCUT2D eigenvalue weighted by atomic mass is 35.5. The minimum atomic E-state index is -4.52. The second-order valence-electron chi connectivity index (χ2n) is 5.73. The molecule has 0 fully saturated rings. The molecule has 0 saturated heterocycles. The largest absolute Gasteiger partial charge is 0.482 e. The normalized spacial score (nSPS) is 11.6. The second kappa shape index (κ2) is 8.19. The zero-order valence-electron chi connectivity index (χ0n) is 14.1. The number of fused-ring (bicyclic) bond motifs is 1. The van der Waals surface area contributed by atoms with Crippen molar-refractivity contribution in [3.63, 3.8) is 0 Å². The van der Waals surface area contributed by atoms with E-state index in [1.807, 2.05) is 0 Å². The lowest BCUT2D eigenvalue weighted by Gasteiger charge is -2.14. The third kappa shape index (κ3) is 5.02. The van der Waals surface area contributed by atoms with Crippen LogP contribution < -0.4 is 15.6 Å². The van der Waals surface area contributed by atoms with Crippen LogP contribution in [0.3, 0.4) is 0 Å². The summed E-state index contributed by atoms with van der Waals surface area (Å²) in [5.41, 5.74) is -0.253. The Morgan fingerprint density at radius 2 is 2.11 bits per heavy atom. The van der Waals surface area contributed by atoms with Crippen molar-refractivity contribution in [2.45, 2.75) is 19.1 Å². The van der Waals surface area contributed by atoms with Crippen molar-refractivity contribution in [1.82, 2.24) is 9.55 Å². The number of benzene rings is 1. The molecule has 2 aromatic heterocycles. The van der Waals surface area contributed by atoms with Crippen LogP contribution in [0.5, 0.6) is 5.75 Å².